The standard InChI is InChI=1S/C13H20ClN3/c1-3-4-5-9(2)15-12-8-11(14)16-13(17-12)10-6-7-10/h8-10H,3-7H2,1-2H3,(H,15,16,17). The van der Waals surface area contributed by atoms with Crippen LogP contribution in [0.25, 0.3) is 0 Å². The molecular weight excluding hydrogens is 234 g/mol. The fraction of sp³-hybridized carbons (Fsp3) is 0.692. The number of nitrogens with zero attached hydrogens (tertiary/aromatic N) is 2. The van der Waals surface area contributed by atoms with Gasteiger partial charge in [0.05, 0.1) is 0 Å². The van der Waals surface area contributed by atoms with Gasteiger partial charge in [0.2, 0.25) is 0 Å². The Kier molecular flexibility index (Phi) is 4.21. The third kappa shape index (κ3) is 3.84. The lowest BCUT2D eigenvalue weighted by Crippen LogP contribution is -2.16. The van der Waals surface area contributed by atoms with Crippen LogP contribution < -0.4 is 5.32 Å². The summed E-state index contributed by atoms with van der Waals surface area (Å²) < 4.78 is 0. The first-order valence-electron chi connectivity index (χ1n) is 6.50. The predicted octanol–water partition coefficient (Wildman–Crippen LogP) is 4.00. The largest absolute Gasteiger partial charge is 0.367 e. The molecule has 94 valence electrons. The smallest absolute Gasteiger partial charge is 0.135 e. The van der Waals surface area contributed by atoms with Crippen LogP contribution in [0.5, 0.6) is 0 Å². The summed E-state index contributed by atoms with van der Waals surface area (Å²) in [6.07, 6.45) is 6.03. The van der Waals surface area contributed by atoms with Crippen LogP contribution >= 0.6 is 11.6 Å². The summed E-state index contributed by atoms with van der Waals surface area (Å²) >= 11 is 6.02. The van der Waals surface area contributed by atoms with Gasteiger partial charge in [0.15, 0.2) is 0 Å². The van der Waals surface area contributed by atoms with Gasteiger partial charge < -0.3 is 5.32 Å². The highest BCUT2D eigenvalue weighted by Gasteiger charge is 2.27. The molecule has 0 bridgehead atoms. The van der Waals surface area contributed by atoms with Crippen molar-refractivity contribution in [3.63, 3.8) is 0 Å². The summed E-state index contributed by atoms with van der Waals surface area (Å²) in [6, 6.07) is 2.25. The van der Waals surface area contributed by atoms with E-state index in [0.717, 1.165) is 18.1 Å². The Morgan fingerprint density at radius 3 is 2.88 bits per heavy atom. The lowest BCUT2D eigenvalue weighted by molar-refractivity contribution is 0.642. The molecule has 0 saturated heterocycles. The van der Waals surface area contributed by atoms with Gasteiger partial charge in [0.1, 0.15) is 16.8 Å². The van der Waals surface area contributed by atoms with Gasteiger partial charge in [-0.3, -0.25) is 0 Å². The van der Waals surface area contributed by atoms with Gasteiger partial charge in [-0.15, -0.1) is 0 Å². The van der Waals surface area contributed by atoms with Gasteiger partial charge in [-0.05, 0) is 26.2 Å². The first-order valence-corrected chi connectivity index (χ1v) is 6.88. The predicted molar refractivity (Wildman–Crippen MR) is 71.6 cm³/mol. The SMILES string of the molecule is CCCCC(C)Nc1cc(Cl)nc(C2CC2)n1. The zero-order valence-electron chi connectivity index (χ0n) is 10.5. The summed E-state index contributed by atoms with van der Waals surface area (Å²) in [6.45, 7) is 4.39. The van der Waals surface area contributed by atoms with Crippen LogP contribution in [0.3, 0.4) is 0 Å². The van der Waals surface area contributed by atoms with E-state index in [9.17, 15) is 0 Å². The van der Waals surface area contributed by atoms with Crippen LogP contribution in [-0.2, 0) is 0 Å². The van der Waals surface area contributed by atoms with Gasteiger partial charge in [0.25, 0.3) is 0 Å². The molecular formula is C13H20ClN3. The van der Waals surface area contributed by atoms with Crippen molar-refractivity contribution >= 4 is 17.4 Å². The monoisotopic (exact) mass is 253 g/mol. The van der Waals surface area contributed by atoms with E-state index in [-0.39, 0.29) is 0 Å². The third-order valence-corrected chi connectivity index (χ3v) is 3.23. The first kappa shape index (κ1) is 12.6. The molecule has 17 heavy (non-hydrogen) atoms. The van der Waals surface area contributed by atoms with E-state index in [1.54, 1.807) is 0 Å². The Morgan fingerprint density at radius 2 is 2.24 bits per heavy atom. The van der Waals surface area contributed by atoms with Crippen molar-refractivity contribution in [3.05, 3.63) is 17.0 Å². The lowest BCUT2D eigenvalue weighted by Gasteiger charge is -2.14. The number of hydrogen-bond acceptors (Lipinski definition) is 3. The molecule has 1 unspecified atom stereocenters. The number of halogens is 1. The number of unbranched alkanes of at least 4 members (excludes halogenated alkanes) is 1. The number of anilines is 1. The molecule has 0 aromatic carbocycles. The van der Waals surface area contributed by atoms with Crippen molar-refractivity contribution in [2.24, 2.45) is 0 Å². The molecule has 1 aromatic heterocycles. The molecule has 4 heteroatoms. The van der Waals surface area contributed by atoms with E-state index in [1.807, 2.05) is 6.07 Å². The molecule has 1 N–H and O–H groups in total. The minimum absolute atomic E-state index is 0.438. The molecule has 1 aliphatic rings. The van der Waals surface area contributed by atoms with Crippen molar-refractivity contribution in [3.8, 4) is 0 Å². The lowest BCUT2D eigenvalue weighted by atomic mass is 10.1. The Labute approximate surface area is 108 Å². The average Bonchev–Trinajstić information content (AvgIpc) is 3.09. The van der Waals surface area contributed by atoms with Crippen molar-refractivity contribution in [1.29, 1.82) is 0 Å². The molecule has 0 spiro atoms. The van der Waals surface area contributed by atoms with Crippen molar-refractivity contribution in [2.45, 2.75) is 57.9 Å². The first-order chi connectivity index (χ1) is 8.19. The topological polar surface area (TPSA) is 37.8 Å². The molecule has 1 fully saturated rings. The summed E-state index contributed by atoms with van der Waals surface area (Å²) in [5.74, 6) is 2.32. The van der Waals surface area contributed by atoms with E-state index >= 15 is 0 Å². The minimum atomic E-state index is 0.438. The summed E-state index contributed by atoms with van der Waals surface area (Å²) in [7, 11) is 0. The molecule has 2 rings (SSSR count). The number of rotatable bonds is 6. The van der Waals surface area contributed by atoms with Gasteiger partial charge in [0, 0.05) is 18.0 Å². The number of nitrogens with one attached hydrogen (secondary N) is 1. The highest BCUT2D eigenvalue weighted by Crippen LogP contribution is 2.38. The molecule has 0 amide bonds. The Hall–Kier alpha value is -0.830. The molecule has 0 aliphatic heterocycles. The zero-order chi connectivity index (χ0) is 12.3. The third-order valence-electron chi connectivity index (χ3n) is 3.04. The Bertz CT molecular complexity index is 377. The fourth-order valence-corrected chi connectivity index (χ4v) is 2.06. The quantitative estimate of drug-likeness (QED) is 0.779. The van der Waals surface area contributed by atoms with Crippen LogP contribution in [-0.4, -0.2) is 16.0 Å². The summed E-state index contributed by atoms with van der Waals surface area (Å²) in [5, 5.41) is 3.95. The molecule has 1 heterocycles. The van der Waals surface area contributed by atoms with Crippen molar-refractivity contribution < 1.29 is 0 Å². The van der Waals surface area contributed by atoms with E-state index in [4.69, 9.17) is 11.6 Å². The highest BCUT2D eigenvalue weighted by molar-refractivity contribution is 6.29. The second-order valence-electron chi connectivity index (χ2n) is 4.90. The second-order valence-corrected chi connectivity index (χ2v) is 5.28. The summed E-state index contributed by atoms with van der Waals surface area (Å²) in [4.78, 5) is 8.82. The molecule has 1 aromatic rings. The maximum absolute atomic E-state index is 6.02. The minimum Gasteiger partial charge on any atom is -0.367 e. The van der Waals surface area contributed by atoms with Crippen LogP contribution in [0.1, 0.15) is 57.7 Å². The van der Waals surface area contributed by atoms with Crippen LogP contribution in [0.4, 0.5) is 5.82 Å². The van der Waals surface area contributed by atoms with Crippen molar-refractivity contribution in [2.75, 3.05) is 5.32 Å². The highest BCUT2D eigenvalue weighted by atomic mass is 35.5. The Morgan fingerprint density at radius 1 is 1.47 bits per heavy atom. The normalized spacial score (nSPS) is 16.9. The molecule has 1 atom stereocenters. The zero-order valence-corrected chi connectivity index (χ0v) is 11.3. The van der Waals surface area contributed by atoms with Gasteiger partial charge in [-0.2, -0.15) is 0 Å². The molecule has 3 nitrogen and oxygen atoms in total. The van der Waals surface area contributed by atoms with E-state index in [0.29, 0.717) is 17.1 Å². The van der Waals surface area contributed by atoms with Gasteiger partial charge in [-0.1, -0.05) is 31.4 Å². The molecule has 1 aliphatic carbocycles. The number of hydrogen-bond donors (Lipinski definition) is 1. The van der Waals surface area contributed by atoms with Crippen LogP contribution in [0.2, 0.25) is 5.15 Å². The fourth-order valence-electron chi connectivity index (χ4n) is 1.87. The van der Waals surface area contributed by atoms with Crippen LogP contribution in [0.15, 0.2) is 6.07 Å². The molecule has 0 radical (unpaired) electrons. The number of aromatic nitrogens is 2. The van der Waals surface area contributed by atoms with Gasteiger partial charge in [-0.25, -0.2) is 9.97 Å². The van der Waals surface area contributed by atoms with Crippen molar-refractivity contribution in [1.82, 2.24) is 9.97 Å². The second kappa shape index (κ2) is 5.67. The van der Waals surface area contributed by atoms with E-state index in [2.05, 4.69) is 29.1 Å². The average molecular weight is 254 g/mol. The maximum atomic E-state index is 6.02. The Balaban J connectivity index is 1.99. The van der Waals surface area contributed by atoms with E-state index < -0.39 is 0 Å². The van der Waals surface area contributed by atoms with Crippen LogP contribution in [0, 0.1) is 0 Å². The molecule has 1 saturated carbocycles. The summed E-state index contributed by atoms with van der Waals surface area (Å²) in [5.41, 5.74) is 0. The van der Waals surface area contributed by atoms with E-state index in [1.165, 1.54) is 25.7 Å². The van der Waals surface area contributed by atoms with Gasteiger partial charge >= 0.3 is 0 Å². The maximum Gasteiger partial charge on any atom is 0.135 e.